The summed E-state index contributed by atoms with van der Waals surface area (Å²) in [6, 6.07) is 12.7. The SMILES string of the molecule is O=C(c1ccc(S(=O)(=O)c2ccc(Br)cc2)cc1)N1CCCCC1. The number of carbonyl (C=O) groups excluding carboxylic acids is 1. The van der Waals surface area contributed by atoms with Crippen LogP contribution in [0, 0.1) is 0 Å². The number of benzene rings is 2. The monoisotopic (exact) mass is 407 g/mol. The molecule has 0 spiro atoms. The summed E-state index contributed by atoms with van der Waals surface area (Å²) in [5.74, 6) is -0.0257. The molecular formula is C18H18BrNO3S. The third-order valence-electron chi connectivity index (χ3n) is 4.18. The van der Waals surface area contributed by atoms with Crippen molar-refractivity contribution in [1.82, 2.24) is 4.90 Å². The summed E-state index contributed by atoms with van der Waals surface area (Å²) < 4.78 is 26.1. The number of hydrogen-bond acceptors (Lipinski definition) is 3. The van der Waals surface area contributed by atoms with Gasteiger partial charge in [-0.25, -0.2) is 8.42 Å². The molecule has 1 fully saturated rings. The first-order valence-electron chi connectivity index (χ1n) is 7.88. The van der Waals surface area contributed by atoms with Crippen LogP contribution in [0.5, 0.6) is 0 Å². The predicted octanol–water partition coefficient (Wildman–Crippen LogP) is 3.91. The molecule has 126 valence electrons. The van der Waals surface area contributed by atoms with Crippen LogP contribution < -0.4 is 0 Å². The Kier molecular flexibility index (Phi) is 5.06. The first-order chi connectivity index (χ1) is 11.5. The highest BCUT2D eigenvalue weighted by molar-refractivity contribution is 9.10. The number of rotatable bonds is 3. The van der Waals surface area contributed by atoms with E-state index in [1.807, 2.05) is 4.90 Å². The second-order valence-electron chi connectivity index (χ2n) is 5.83. The number of amides is 1. The highest BCUT2D eigenvalue weighted by atomic mass is 79.9. The maximum atomic E-state index is 12.6. The van der Waals surface area contributed by atoms with Gasteiger partial charge in [-0.05, 0) is 67.8 Å². The molecule has 1 saturated heterocycles. The van der Waals surface area contributed by atoms with Crippen molar-refractivity contribution < 1.29 is 13.2 Å². The molecule has 2 aromatic rings. The molecule has 2 aromatic carbocycles. The van der Waals surface area contributed by atoms with E-state index in [0.29, 0.717) is 5.56 Å². The zero-order valence-corrected chi connectivity index (χ0v) is 15.5. The van der Waals surface area contributed by atoms with E-state index in [1.165, 1.54) is 12.1 Å². The number of sulfone groups is 1. The molecule has 0 N–H and O–H groups in total. The van der Waals surface area contributed by atoms with Gasteiger partial charge in [0.05, 0.1) is 9.79 Å². The van der Waals surface area contributed by atoms with E-state index in [-0.39, 0.29) is 15.7 Å². The standard InChI is InChI=1S/C18H18BrNO3S/c19-15-6-10-17(11-7-15)24(22,23)16-8-4-14(5-9-16)18(21)20-12-2-1-3-13-20/h4-11H,1-3,12-13H2. The zero-order chi connectivity index (χ0) is 17.2. The van der Waals surface area contributed by atoms with Crippen molar-refractivity contribution in [1.29, 1.82) is 0 Å². The first kappa shape index (κ1) is 17.2. The van der Waals surface area contributed by atoms with E-state index in [9.17, 15) is 13.2 Å². The zero-order valence-electron chi connectivity index (χ0n) is 13.1. The van der Waals surface area contributed by atoms with Crippen LogP contribution in [-0.4, -0.2) is 32.3 Å². The molecule has 0 radical (unpaired) electrons. The van der Waals surface area contributed by atoms with Crippen molar-refractivity contribution in [2.24, 2.45) is 0 Å². The van der Waals surface area contributed by atoms with E-state index >= 15 is 0 Å². The highest BCUT2D eigenvalue weighted by Gasteiger charge is 2.21. The molecule has 0 saturated carbocycles. The largest absolute Gasteiger partial charge is 0.339 e. The maximum absolute atomic E-state index is 12.6. The Morgan fingerprint density at radius 1 is 0.833 bits per heavy atom. The smallest absolute Gasteiger partial charge is 0.253 e. The lowest BCUT2D eigenvalue weighted by atomic mass is 10.1. The Labute approximate surface area is 150 Å². The van der Waals surface area contributed by atoms with E-state index in [1.54, 1.807) is 36.4 Å². The van der Waals surface area contributed by atoms with Crippen molar-refractivity contribution in [3.63, 3.8) is 0 Å². The van der Waals surface area contributed by atoms with Gasteiger partial charge in [-0.1, -0.05) is 15.9 Å². The quantitative estimate of drug-likeness (QED) is 0.774. The van der Waals surface area contributed by atoms with Gasteiger partial charge in [0.1, 0.15) is 0 Å². The van der Waals surface area contributed by atoms with Gasteiger partial charge in [0.25, 0.3) is 5.91 Å². The van der Waals surface area contributed by atoms with Gasteiger partial charge in [0, 0.05) is 23.1 Å². The van der Waals surface area contributed by atoms with E-state index in [4.69, 9.17) is 0 Å². The van der Waals surface area contributed by atoms with Gasteiger partial charge in [-0.15, -0.1) is 0 Å². The van der Waals surface area contributed by atoms with Crippen LogP contribution in [-0.2, 0) is 9.84 Å². The summed E-state index contributed by atoms with van der Waals surface area (Å²) in [5, 5.41) is 0. The van der Waals surface area contributed by atoms with Crippen molar-refractivity contribution in [3.05, 3.63) is 58.6 Å². The highest BCUT2D eigenvalue weighted by Crippen LogP contribution is 2.23. The van der Waals surface area contributed by atoms with E-state index in [2.05, 4.69) is 15.9 Å². The summed E-state index contributed by atoms with van der Waals surface area (Å²) in [6.07, 6.45) is 3.22. The molecule has 0 bridgehead atoms. The fourth-order valence-corrected chi connectivity index (χ4v) is 4.33. The fourth-order valence-electron chi connectivity index (χ4n) is 2.81. The lowest BCUT2D eigenvalue weighted by Crippen LogP contribution is -2.35. The molecule has 1 heterocycles. The third-order valence-corrected chi connectivity index (χ3v) is 6.49. The first-order valence-corrected chi connectivity index (χ1v) is 10.2. The normalized spacial score (nSPS) is 15.3. The molecule has 6 heteroatoms. The Bertz CT molecular complexity index is 824. The summed E-state index contributed by atoms with van der Waals surface area (Å²) in [4.78, 5) is 14.7. The molecule has 0 aromatic heterocycles. The Hall–Kier alpha value is -1.66. The number of piperidine rings is 1. The van der Waals surface area contributed by atoms with Crippen LogP contribution in [0.15, 0.2) is 62.8 Å². The Morgan fingerprint density at radius 3 is 1.88 bits per heavy atom. The number of carbonyl (C=O) groups is 1. The molecule has 0 unspecified atom stereocenters. The van der Waals surface area contributed by atoms with Crippen LogP contribution in [0.1, 0.15) is 29.6 Å². The van der Waals surface area contributed by atoms with Crippen molar-refractivity contribution in [2.75, 3.05) is 13.1 Å². The number of likely N-dealkylation sites (tertiary alicyclic amines) is 1. The minimum absolute atomic E-state index is 0.0257. The molecule has 4 nitrogen and oxygen atoms in total. The molecule has 24 heavy (non-hydrogen) atoms. The average Bonchev–Trinajstić information content (AvgIpc) is 2.62. The molecule has 0 aliphatic carbocycles. The fraction of sp³-hybridized carbons (Fsp3) is 0.278. The second-order valence-corrected chi connectivity index (χ2v) is 8.70. The van der Waals surface area contributed by atoms with Gasteiger partial charge >= 0.3 is 0 Å². The van der Waals surface area contributed by atoms with Crippen LogP contribution in [0.3, 0.4) is 0 Å². The van der Waals surface area contributed by atoms with Gasteiger partial charge in [-0.2, -0.15) is 0 Å². The summed E-state index contributed by atoms with van der Waals surface area (Å²) in [7, 11) is -3.57. The molecule has 1 aliphatic rings. The van der Waals surface area contributed by atoms with Crippen LogP contribution >= 0.6 is 15.9 Å². The number of halogens is 1. The predicted molar refractivity (Wildman–Crippen MR) is 95.8 cm³/mol. The Balaban J connectivity index is 1.83. The Morgan fingerprint density at radius 2 is 1.33 bits per heavy atom. The molecule has 3 rings (SSSR count). The van der Waals surface area contributed by atoms with Gasteiger partial charge < -0.3 is 4.90 Å². The molecular weight excluding hydrogens is 390 g/mol. The number of nitrogens with zero attached hydrogens (tertiary/aromatic N) is 1. The summed E-state index contributed by atoms with van der Waals surface area (Å²) in [6.45, 7) is 1.55. The number of hydrogen-bond donors (Lipinski definition) is 0. The lowest BCUT2D eigenvalue weighted by Gasteiger charge is -2.26. The van der Waals surface area contributed by atoms with Crippen molar-refractivity contribution in [2.45, 2.75) is 29.1 Å². The second kappa shape index (κ2) is 7.07. The minimum atomic E-state index is -3.57. The van der Waals surface area contributed by atoms with Gasteiger partial charge in [-0.3, -0.25) is 4.79 Å². The van der Waals surface area contributed by atoms with E-state index < -0.39 is 9.84 Å². The van der Waals surface area contributed by atoms with E-state index in [0.717, 1.165) is 36.8 Å². The van der Waals surface area contributed by atoms with Gasteiger partial charge in [0.2, 0.25) is 9.84 Å². The third kappa shape index (κ3) is 3.54. The molecule has 0 atom stereocenters. The average molecular weight is 408 g/mol. The van der Waals surface area contributed by atoms with Crippen LogP contribution in [0.2, 0.25) is 0 Å². The lowest BCUT2D eigenvalue weighted by molar-refractivity contribution is 0.0724. The van der Waals surface area contributed by atoms with Gasteiger partial charge in [0.15, 0.2) is 0 Å². The molecule has 1 amide bonds. The topological polar surface area (TPSA) is 54.5 Å². The summed E-state index contributed by atoms with van der Waals surface area (Å²) in [5.41, 5.74) is 0.534. The van der Waals surface area contributed by atoms with Crippen molar-refractivity contribution in [3.8, 4) is 0 Å². The molecule has 1 aliphatic heterocycles. The minimum Gasteiger partial charge on any atom is -0.339 e. The summed E-state index contributed by atoms with van der Waals surface area (Å²) >= 11 is 3.29. The van der Waals surface area contributed by atoms with Crippen LogP contribution in [0.25, 0.3) is 0 Å². The van der Waals surface area contributed by atoms with Crippen LogP contribution in [0.4, 0.5) is 0 Å². The maximum Gasteiger partial charge on any atom is 0.253 e. The van der Waals surface area contributed by atoms with Crippen molar-refractivity contribution >= 4 is 31.7 Å².